The molecule has 1 aliphatic rings. The molecule has 2 heterocycles. The Kier molecular flexibility index (Phi) is 7.75. The van der Waals surface area contributed by atoms with E-state index in [2.05, 4.69) is 204 Å². The lowest BCUT2D eigenvalue weighted by atomic mass is 9.96. The molecule has 1 aromatic heterocycles. The first kappa shape index (κ1) is 30.4. The molecule has 0 fully saturated rings. The zero-order chi connectivity index (χ0) is 34.1. The fourth-order valence-electron chi connectivity index (χ4n) is 7.26. The summed E-state index contributed by atoms with van der Waals surface area (Å²) < 4.78 is 2.36. The van der Waals surface area contributed by atoms with E-state index in [0.29, 0.717) is 0 Å². The molecule has 8 aromatic rings. The lowest BCUT2D eigenvalue weighted by Gasteiger charge is -2.34. The van der Waals surface area contributed by atoms with E-state index in [4.69, 9.17) is 4.99 Å². The van der Waals surface area contributed by atoms with Gasteiger partial charge in [0.1, 0.15) is 0 Å². The minimum absolute atomic E-state index is 0.343. The number of aromatic nitrogens is 1. The van der Waals surface area contributed by atoms with E-state index >= 15 is 0 Å². The SMILES string of the molecule is CN(c1cc(-c2ccc3c(c2)c2ccccc2n3-c2ccccc2)ccc1-c1ccccc1)C1N=C(c2ccccc2)C=C(c2ccccc2)N1. The van der Waals surface area contributed by atoms with Crippen LogP contribution in [0.1, 0.15) is 11.1 Å². The second-order valence-corrected chi connectivity index (χ2v) is 13.0. The van der Waals surface area contributed by atoms with Crippen molar-refractivity contribution in [3.8, 4) is 27.9 Å². The summed E-state index contributed by atoms with van der Waals surface area (Å²) in [5, 5.41) is 6.24. The van der Waals surface area contributed by atoms with E-state index in [9.17, 15) is 0 Å². The highest BCUT2D eigenvalue weighted by molar-refractivity contribution is 6.13. The Hall–Kier alpha value is -6.65. The quantitative estimate of drug-likeness (QED) is 0.185. The highest BCUT2D eigenvalue weighted by Gasteiger charge is 2.24. The summed E-state index contributed by atoms with van der Waals surface area (Å²) in [6.07, 6.45) is 1.81. The topological polar surface area (TPSA) is 32.6 Å². The third kappa shape index (κ3) is 5.67. The third-order valence-electron chi connectivity index (χ3n) is 9.83. The molecule has 0 saturated heterocycles. The Bertz CT molecular complexity index is 2550. The predicted molar refractivity (Wildman–Crippen MR) is 214 cm³/mol. The molecule has 244 valence electrons. The maximum Gasteiger partial charge on any atom is 0.197 e. The number of hydrogen-bond acceptors (Lipinski definition) is 3. The monoisotopic (exact) mass is 656 g/mol. The van der Waals surface area contributed by atoms with Crippen LogP contribution in [-0.4, -0.2) is 23.6 Å². The van der Waals surface area contributed by atoms with E-state index in [1.54, 1.807) is 0 Å². The molecule has 0 aliphatic carbocycles. The van der Waals surface area contributed by atoms with Crippen LogP contribution < -0.4 is 10.2 Å². The molecule has 0 radical (unpaired) electrons. The van der Waals surface area contributed by atoms with Crippen LogP contribution in [0.15, 0.2) is 193 Å². The number of nitrogens with one attached hydrogen (secondary N) is 1. The average Bonchev–Trinajstić information content (AvgIpc) is 3.55. The van der Waals surface area contributed by atoms with Gasteiger partial charge in [0.05, 0.1) is 16.7 Å². The van der Waals surface area contributed by atoms with Gasteiger partial charge in [-0.15, -0.1) is 0 Å². The van der Waals surface area contributed by atoms with Crippen LogP contribution in [-0.2, 0) is 0 Å². The van der Waals surface area contributed by atoms with Crippen LogP contribution in [0.5, 0.6) is 0 Å². The zero-order valence-corrected chi connectivity index (χ0v) is 28.3. The number of allylic oxidation sites excluding steroid dienone is 1. The first-order chi connectivity index (χ1) is 25.2. The van der Waals surface area contributed by atoms with Crippen molar-refractivity contribution in [2.75, 3.05) is 11.9 Å². The highest BCUT2D eigenvalue weighted by Crippen LogP contribution is 2.39. The molecule has 4 heteroatoms. The fraction of sp³-hybridized carbons (Fsp3) is 0.0426. The molecule has 1 aliphatic heterocycles. The van der Waals surface area contributed by atoms with E-state index in [1.165, 1.54) is 27.4 Å². The second-order valence-electron chi connectivity index (χ2n) is 13.0. The third-order valence-corrected chi connectivity index (χ3v) is 9.83. The minimum Gasteiger partial charge on any atom is -0.346 e. The summed E-state index contributed by atoms with van der Waals surface area (Å²) in [6, 6.07) is 64.6. The van der Waals surface area contributed by atoms with Gasteiger partial charge in [0.2, 0.25) is 0 Å². The molecule has 0 amide bonds. The number of benzene rings is 7. The highest BCUT2D eigenvalue weighted by atomic mass is 15.4. The lowest BCUT2D eigenvalue weighted by molar-refractivity contribution is 0.608. The number of hydrogen-bond donors (Lipinski definition) is 1. The van der Waals surface area contributed by atoms with Gasteiger partial charge in [-0.3, -0.25) is 0 Å². The van der Waals surface area contributed by atoms with Crippen molar-refractivity contribution in [3.05, 3.63) is 199 Å². The molecule has 51 heavy (non-hydrogen) atoms. The van der Waals surface area contributed by atoms with Crippen molar-refractivity contribution in [2.24, 2.45) is 4.99 Å². The normalized spacial score (nSPS) is 14.2. The molecule has 0 saturated carbocycles. The molecule has 0 spiro atoms. The fourth-order valence-corrected chi connectivity index (χ4v) is 7.26. The van der Waals surface area contributed by atoms with Crippen LogP contribution in [0.2, 0.25) is 0 Å². The van der Waals surface area contributed by atoms with Crippen LogP contribution in [0.3, 0.4) is 0 Å². The Morgan fingerprint density at radius 1 is 0.510 bits per heavy atom. The van der Waals surface area contributed by atoms with Crippen molar-refractivity contribution in [1.82, 2.24) is 9.88 Å². The molecular formula is C47H36N4. The number of fused-ring (bicyclic) bond motifs is 3. The number of anilines is 1. The Labute approximate surface area is 298 Å². The summed E-state index contributed by atoms with van der Waals surface area (Å²) in [4.78, 5) is 7.57. The van der Waals surface area contributed by atoms with Gasteiger partial charge >= 0.3 is 0 Å². The van der Waals surface area contributed by atoms with Gasteiger partial charge in [-0.1, -0.05) is 146 Å². The zero-order valence-electron chi connectivity index (χ0n) is 28.3. The van der Waals surface area contributed by atoms with Gasteiger partial charge < -0.3 is 14.8 Å². The Morgan fingerprint density at radius 3 is 1.80 bits per heavy atom. The predicted octanol–water partition coefficient (Wildman–Crippen LogP) is 11.0. The number of para-hydroxylation sites is 2. The molecular weight excluding hydrogens is 621 g/mol. The maximum absolute atomic E-state index is 5.30. The summed E-state index contributed by atoms with van der Waals surface area (Å²) >= 11 is 0. The van der Waals surface area contributed by atoms with Crippen LogP contribution in [0.4, 0.5) is 5.69 Å². The lowest BCUT2D eigenvalue weighted by Crippen LogP contribution is -2.44. The van der Waals surface area contributed by atoms with Crippen LogP contribution in [0.25, 0.3) is 55.4 Å². The average molecular weight is 657 g/mol. The van der Waals surface area contributed by atoms with Crippen LogP contribution in [0, 0.1) is 0 Å². The van der Waals surface area contributed by atoms with E-state index in [1.807, 2.05) is 6.07 Å². The summed E-state index contributed by atoms with van der Waals surface area (Å²) in [5.74, 6) is 0. The number of nitrogens with zero attached hydrogens (tertiary/aromatic N) is 3. The summed E-state index contributed by atoms with van der Waals surface area (Å²) in [5.41, 5.74) is 13.5. The Morgan fingerprint density at radius 2 is 1.08 bits per heavy atom. The molecule has 1 unspecified atom stereocenters. The first-order valence-corrected chi connectivity index (χ1v) is 17.4. The first-order valence-electron chi connectivity index (χ1n) is 17.4. The number of rotatable bonds is 7. The van der Waals surface area contributed by atoms with Crippen LogP contribution >= 0.6 is 0 Å². The van der Waals surface area contributed by atoms with Gasteiger partial charge in [0.25, 0.3) is 0 Å². The molecule has 1 N–H and O–H groups in total. The number of aliphatic imine (C=N–C) groups is 1. The largest absolute Gasteiger partial charge is 0.346 e. The smallest absolute Gasteiger partial charge is 0.197 e. The van der Waals surface area contributed by atoms with E-state index < -0.39 is 0 Å². The maximum atomic E-state index is 5.30. The van der Waals surface area contributed by atoms with Crippen molar-refractivity contribution in [3.63, 3.8) is 0 Å². The van der Waals surface area contributed by atoms with Gasteiger partial charge in [-0.25, -0.2) is 4.99 Å². The van der Waals surface area contributed by atoms with Gasteiger partial charge in [0, 0.05) is 40.5 Å². The van der Waals surface area contributed by atoms with Crippen molar-refractivity contribution < 1.29 is 0 Å². The van der Waals surface area contributed by atoms with Gasteiger partial charge in [-0.2, -0.15) is 0 Å². The van der Waals surface area contributed by atoms with E-state index in [-0.39, 0.29) is 6.29 Å². The second kappa shape index (κ2) is 13.0. The van der Waals surface area contributed by atoms with Crippen molar-refractivity contribution >= 4 is 38.9 Å². The standard InChI is InChI=1S/C47H36N4/c1-50(47-48-42(34-18-8-3-9-19-34)32-43(49-47)35-20-10-4-11-21-35)46-31-37(26-28-39(46)33-16-6-2-7-17-33)36-27-29-45-41(30-36)40-24-14-15-25-44(40)51(45)38-22-12-5-13-23-38/h2-32,47-48H,1H3. The van der Waals surface area contributed by atoms with Gasteiger partial charge in [-0.05, 0) is 70.3 Å². The molecule has 7 aromatic carbocycles. The van der Waals surface area contributed by atoms with Gasteiger partial charge in [0.15, 0.2) is 6.29 Å². The molecule has 4 nitrogen and oxygen atoms in total. The minimum atomic E-state index is -0.343. The summed E-state index contributed by atoms with van der Waals surface area (Å²) in [7, 11) is 2.14. The molecule has 9 rings (SSSR count). The van der Waals surface area contributed by atoms with Crippen molar-refractivity contribution in [2.45, 2.75) is 6.29 Å². The molecule has 0 bridgehead atoms. The Balaban J connectivity index is 1.18. The van der Waals surface area contributed by atoms with Crippen molar-refractivity contribution in [1.29, 1.82) is 0 Å². The molecule has 1 atom stereocenters. The van der Waals surface area contributed by atoms with E-state index in [0.717, 1.165) is 50.6 Å². The summed E-state index contributed by atoms with van der Waals surface area (Å²) in [6.45, 7) is 0.